The maximum atomic E-state index is 13.9. The van der Waals surface area contributed by atoms with Crippen molar-refractivity contribution in [3.8, 4) is 28.4 Å². The fourth-order valence-corrected chi connectivity index (χ4v) is 4.34. The highest BCUT2D eigenvalue weighted by molar-refractivity contribution is 6.31. The van der Waals surface area contributed by atoms with Crippen molar-refractivity contribution < 1.29 is 13.9 Å². The summed E-state index contributed by atoms with van der Waals surface area (Å²) in [6.07, 6.45) is 0. The Morgan fingerprint density at radius 1 is 1.11 bits per heavy atom. The van der Waals surface area contributed by atoms with Crippen molar-refractivity contribution in [3.63, 3.8) is 0 Å². The van der Waals surface area contributed by atoms with Gasteiger partial charge in [0.05, 0.1) is 23.3 Å². The second-order valence-corrected chi connectivity index (χ2v) is 9.96. The lowest BCUT2D eigenvalue weighted by atomic mass is 10.1. The van der Waals surface area contributed by atoms with Gasteiger partial charge in [0.1, 0.15) is 23.9 Å². The van der Waals surface area contributed by atoms with Gasteiger partial charge < -0.3 is 15.0 Å². The lowest BCUT2D eigenvalue weighted by molar-refractivity contribution is -0.122. The Labute approximate surface area is 225 Å². The van der Waals surface area contributed by atoms with Crippen LogP contribution in [-0.4, -0.2) is 52.6 Å². The van der Waals surface area contributed by atoms with Crippen LogP contribution in [0.1, 0.15) is 19.4 Å². The van der Waals surface area contributed by atoms with E-state index in [9.17, 15) is 14.0 Å². The summed E-state index contributed by atoms with van der Waals surface area (Å²) in [4.78, 5) is 37.8. The van der Waals surface area contributed by atoms with Gasteiger partial charge in [-0.3, -0.25) is 14.2 Å². The summed E-state index contributed by atoms with van der Waals surface area (Å²) >= 11 is 6.01. The Hall–Kier alpha value is -3.82. The number of carbonyl (C=O) groups is 1. The molecule has 0 atom stereocenters. The number of carbonyl (C=O) groups excluding carboxylic acids is 1. The molecule has 1 N–H and O–H groups in total. The number of aromatic nitrogens is 3. The summed E-state index contributed by atoms with van der Waals surface area (Å²) < 4.78 is 20.6. The van der Waals surface area contributed by atoms with E-state index in [4.69, 9.17) is 16.3 Å². The van der Waals surface area contributed by atoms with E-state index in [1.165, 1.54) is 22.8 Å². The van der Waals surface area contributed by atoms with Gasteiger partial charge in [-0.2, -0.15) is 0 Å². The van der Waals surface area contributed by atoms with Crippen LogP contribution in [0.15, 0.2) is 53.3 Å². The van der Waals surface area contributed by atoms with Crippen molar-refractivity contribution in [1.29, 1.82) is 0 Å². The molecule has 0 aliphatic carbocycles. The van der Waals surface area contributed by atoms with Gasteiger partial charge in [-0.25, -0.2) is 14.4 Å². The van der Waals surface area contributed by atoms with Gasteiger partial charge in [0.2, 0.25) is 5.91 Å². The summed E-state index contributed by atoms with van der Waals surface area (Å²) in [5.41, 5.74) is 2.71. The molecule has 4 rings (SSSR count). The highest BCUT2D eigenvalue weighted by Gasteiger charge is 2.19. The molecule has 0 aliphatic heterocycles. The number of pyridine rings is 1. The van der Waals surface area contributed by atoms with Crippen LogP contribution in [0.5, 0.6) is 5.75 Å². The van der Waals surface area contributed by atoms with Crippen LogP contribution in [0.25, 0.3) is 33.7 Å². The third kappa shape index (κ3) is 6.00. The highest BCUT2D eigenvalue weighted by atomic mass is 35.5. The van der Waals surface area contributed by atoms with Crippen molar-refractivity contribution in [2.75, 3.05) is 21.2 Å². The third-order valence-electron chi connectivity index (χ3n) is 5.73. The molecule has 1 amide bonds. The van der Waals surface area contributed by atoms with Gasteiger partial charge in [-0.15, -0.1) is 0 Å². The summed E-state index contributed by atoms with van der Waals surface area (Å²) in [7, 11) is 5.55. The molecule has 2 aromatic carbocycles. The highest BCUT2D eigenvalue weighted by Crippen LogP contribution is 2.28. The van der Waals surface area contributed by atoms with Crippen LogP contribution >= 0.6 is 11.6 Å². The van der Waals surface area contributed by atoms with E-state index >= 15 is 0 Å². The van der Waals surface area contributed by atoms with Crippen molar-refractivity contribution in [3.05, 3.63) is 75.3 Å². The van der Waals surface area contributed by atoms with Crippen molar-refractivity contribution in [2.45, 2.75) is 33.0 Å². The molecular weight excluding hydrogens is 509 g/mol. The standard InChI is InChI=1S/C28H29ClFN5O3/c1-16(2)31-25(36)15-35-27(18-6-7-22(30)21(29)13-18)33-24-9-8-23(32-26(24)28(35)37)19-10-17(14-34(3)4)11-20(12-19)38-5/h6-13,16H,14-15H2,1-5H3,(H,31,36). The van der Waals surface area contributed by atoms with Crippen LogP contribution in [0.3, 0.4) is 0 Å². The van der Waals surface area contributed by atoms with E-state index in [0.717, 1.165) is 11.1 Å². The average Bonchev–Trinajstić information content (AvgIpc) is 2.86. The second-order valence-electron chi connectivity index (χ2n) is 9.55. The molecule has 0 saturated carbocycles. The fourth-order valence-electron chi connectivity index (χ4n) is 4.16. The summed E-state index contributed by atoms with van der Waals surface area (Å²) in [6, 6.07) is 13.2. The Kier molecular flexibility index (Phi) is 8.08. The van der Waals surface area contributed by atoms with Crippen LogP contribution in [-0.2, 0) is 17.9 Å². The smallest absolute Gasteiger partial charge is 0.280 e. The normalized spacial score (nSPS) is 11.4. The molecule has 0 fully saturated rings. The van der Waals surface area contributed by atoms with Crippen LogP contribution < -0.4 is 15.6 Å². The molecule has 2 aromatic heterocycles. The fraction of sp³-hybridized carbons (Fsp3) is 0.286. The number of halogens is 2. The van der Waals surface area contributed by atoms with Crippen molar-refractivity contribution in [2.24, 2.45) is 0 Å². The number of benzene rings is 2. The number of nitrogens with one attached hydrogen (secondary N) is 1. The van der Waals surface area contributed by atoms with Gasteiger partial charge in [0.25, 0.3) is 5.56 Å². The topological polar surface area (TPSA) is 89.4 Å². The van der Waals surface area contributed by atoms with Gasteiger partial charge in [0, 0.05) is 23.7 Å². The molecule has 198 valence electrons. The lowest BCUT2D eigenvalue weighted by Crippen LogP contribution is -2.37. The third-order valence-corrected chi connectivity index (χ3v) is 6.02. The molecule has 2 heterocycles. The number of hydrogen-bond acceptors (Lipinski definition) is 6. The van der Waals surface area contributed by atoms with Crippen LogP contribution in [0.4, 0.5) is 4.39 Å². The van der Waals surface area contributed by atoms with E-state index in [1.807, 2.05) is 51.0 Å². The molecule has 8 nitrogen and oxygen atoms in total. The van der Waals surface area contributed by atoms with E-state index in [1.54, 1.807) is 19.2 Å². The van der Waals surface area contributed by atoms with E-state index in [-0.39, 0.29) is 34.9 Å². The monoisotopic (exact) mass is 537 g/mol. The molecule has 0 bridgehead atoms. The van der Waals surface area contributed by atoms with Gasteiger partial charge in [-0.1, -0.05) is 11.6 Å². The first-order chi connectivity index (χ1) is 18.0. The quantitative estimate of drug-likeness (QED) is 0.356. The molecule has 0 radical (unpaired) electrons. The maximum absolute atomic E-state index is 13.9. The zero-order chi connectivity index (χ0) is 27.6. The number of rotatable bonds is 8. The largest absolute Gasteiger partial charge is 0.497 e. The predicted molar refractivity (Wildman–Crippen MR) is 147 cm³/mol. The predicted octanol–water partition coefficient (Wildman–Crippen LogP) is 4.51. The van der Waals surface area contributed by atoms with Crippen molar-refractivity contribution in [1.82, 2.24) is 24.8 Å². The minimum absolute atomic E-state index is 0.105. The number of fused-ring (bicyclic) bond motifs is 1. The van der Waals surface area contributed by atoms with Gasteiger partial charge in [-0.05, 0) is 82.0 Å². The SMILES string of the molecule is COc1cc(CN(C)C)cc(-c2ccc3nc(-c4ccc(F)c(Cl)c4)n(CC(=O)NC(C)C)c(=O)c3n2)c1. The number of amides is 1. The number of hydrogen-bond donors (Lipinski definition) is 1. The number of methoxy groups -OCH3 is 1. The molecular formula is C28H29ClFN5O3. The first-order valence-electron chi connectivity index (χ1n) is 12.0. The molecule has 0 unspecified atom stereocenters. The Morgan fingerprint density at radius 2 is 1.87 bits per heavy atom. The average molecular weight is 538 g/mol. The zero-order valence-corrected chi connectivity index (χ0v) is 22.6. The summed E-state index contributed by atoms with van der Waals surface area (Å²) in [5.74, 6) is -0.103. The number of nitrogens with zero attached hydrogens (tertiary/aromatic N) is 4. The number of ether oxygens (including phenoxy) is 1. The van der Waals surface area contributed by atoms with Crippen LogP contribution in [0.2, 0.25) is 5.02 Å². The van der Waals surface area contributed by atoms with Gasteiger partial charge in [0.15, 0.2) is 5.52 Å². The zero-order valence-electron chi connectivity index (χ0n) is 21.9. The Morgan fingerprint density at radius 3 is 2.53 bits per heavy atom. The molecule has 0 spiro atoms. The second kappa shape index (κ2) is 11.3. The molecule has 10 heteroatoms. The molecule has 0 saturated heterocycles. The van der Waals surface area contributed by atoms with E-state index in [2.05, 4.69) is 15.3 Å². The first kappa shape index (κ1) is 27.2. The minimum Gasteiger partial charge on any atom is -0.497 e. The molecule has 38 heavy (non-hydrogen) atoms. The van der Waals surface area contributed by atoms with Crippen LogP contribution in [0, 0.1) is 5.82 Å². The first-order valence-corrected chi connectivity index (χ1v) is 12.4. The van der Waals surface area contributed by atoms with Crippen molar-refractivity contribution >= 4 is 28.5 Å². The van der Waals surface area contributed by atoms with E-state index < -0.39 is 11.4 Å². The Bertz CT molecular complexity index is 1570. The minimum atomic E-state index is -0.596. The summed E-state index contributed by atoms with van der Waals surface area (Å²) in [6.45, 7) is 4.06. The Balaban J connectivity index is 1.90. The van der Waals surface area contributed by atoms with E-state index in [0.29, 0.717) is 29.1 Å². The maximum Gasteiger partial charge on any atom is 0.280 e. The summed E-state index contributed by atoms with van der Waals surface area (Å²) in [5, 5.41) is 2.67. The lowest BCUT2D eigenvalue weighted by Gasteiger charge is -2.16. The molecule has 0 aliphatic rings. The molecule has 4 aromatic rings. The van der Waals surface area contributed by atoms with Gasteiger partial charge >= 0.3 is 0 Å².